The summed E-state index contributed by atoms with van der Waals surface area (Å²) in [5, 5.41) is 1.43. The van der Waals surface area contributed by atoms with E-state index < -0.39 is 0 Å². The van der Waals surface area contributed by atoms with E-state index in [4.69, 9.17) is 19.2 Å². The highest BCUT2D eigenvalue weighted by molar-refractivity contribution is 7.98. The SMILES string of the molecule is COc1ccc(-n2c(SCc3ccc4c(c3)OCO4)nc3sc4c(c3c2=O)CCN(C)C4)cc1. The molecule has 34 heavy (non-hydrogen) atoms. The van der Waals surface area contributed by atoms with Gasteiger partial charge in [-0.15, -0.1) is 11.3 Å². The molecule has 6 rings (SSSR count). The maximum absolute atomic E-state index is 13.9. The molecular formula is C25H23N3O4S2. The molecule has 2 aliphatic heterocycles. The Bertz CT molecular complexity index is 1450. The number of methoxy groups -OCH3 is 1. The van der Waals surface area contributed by atoms with Gasteiger partial charge in [-0.05, 0) is 61.0 Å². The molecule has 4 aromatic rings. The van der Waals surface area contributed by atoms with E-state index in [1.807, 2.05) is 42.5 Å². The lowest BCUT2D eigenvalue weighted by molar-refractivity contribution is 0.174. The molecule has 0 atom stereocenters. The average Bonchev–Trinajstić information content (AvgIpc) is 3.46. The number of ether oxygens (including phenoxy) is 3. The summed E-state index contributed by atoms with van der Waals surface area (Å²) in [7, 11) is 3.75. The summed E-state index contributed by atoms with van der Waals surface area (Å²) in [6.07, 6.45) is 0.870. The van der Waals surface area contributed by atoms with Crippen molar-refractivity contribution in [1.29, 1.82) is 0 Å². The van der Waals surface area contributed by atoms with Gasteiger partial charge in [0.1, 0.15) is 10.6 Å². The number of hydrogen-bond acceptors (Lipinski definition) is 8. The summed E-state index contributed by atoms with van der Waals surface area (Å²) in [4.78, 5) is 23.3. The van der Waals surface area contributed by atoms with Crippen LogP contribution in [-0.4, -0.2) is 41.9 Å². The van der Waals surface area contributed by atoms with Gasteiger partial charge >= 0.3 is 0 Å². The molecule has 0 N–H and O–H groups in total. The van der Waals surface area contributed by atoms with E-state index in [-0.39, 0.29) is 12.4 Å². The van der Waals surface area contributed by atoms with Crippen molar-refractivity contribution in [2.75, 3.05) is 27.5 Å². The number of nitrogens with zero attached hydrogens (tertiary/aromatic N) is 3. The van der Waals surface area contributed by atoms with E-state index >= 15 is 0 Å². The summed E-state index contributed by atoms with van der Waals surface area (Å²) in [5.41, 5.74) is 3.01. The molecule has 7 nitrogen and oxygen atoms in total. The lowest BCUT2D eigenvalue weighted by Crippen LogP contribution is -2.27. The lowest BCUT2D eigenvalue weighted by Gasteiger charge is -2.21. The molecular weight excluding hydrogens is 470 g/mol. The fourth-order valence-corrected chi connectivity index (χ4v) is 6.68. The van der Waals surface area contributed by atoms with Crippen LogP contribution in [0.3, 0.4) is 0 Å². The highest BCUT2D eigenvalue weighted by Crippen LogP contribution is 2.36. The molecule has 0 saturated carbocycles. The molecule has 0 unspecified atom stereocenters. The van der Waals surface area contributed by atoms with Crippen LogP contribution in [-0.2, 0) is 18.7 Å². The van der Waals surface area contributed by atoms with Crippen LogP contribution in [0.4, 0.5) is 0 Å². The summed E-state index contributed by atoms with van der Waals surface area (Å²) >= 11 is 3.19. The summed E-state index contributed by atoms with van der Waals surface area (Å²) in [5.74, 6) is 2.91. The predicted molar refractivity (Wildman–Crippen MR) is 134 cm³/mol. The Morgan fingerprint density at radius 3 is 2.79 bits per heavy atom. The fraction of sp³-hybridized carbons (Fsp3) is 0.280. The van der Waals surface area contributed by atoms with Crippen molar-refractivity contribution in [3.8, 4) is 22.9 Å². The number of thioether (sulfide) groups is 1. The predicted octanol–water partition coefficient (Wildman–Crippen LogP) is 4.46. The third kappa shape index (κ3) is 3.73. The molecule has 0 bridgehead atoms. The number of fused-ring (bicyclic) bond motifs is 4. The first kappa shape index (κ1) is 21.5. The second kappa shape index (κ2) is 8.65. The molecule has 2 aromatic carbocycles. The van der Waals surface area contributed by atoms with Gasteiger partial charge in [0.15, 0.2) is 16.7 Å². The quantitative estimate of drug-likeness (QED) is 0.300. The standard InChI is InChI=1S/C25H23N3O4S2/c1-27-10-9-18-21(12-27)34-23-22(18)24(29)28(16-4-6-17(30-2)7-5-16)25(26-23)33-13-15-3-8-19-20(11-15)32-14-31-19/h3-8,11H,9-10,12-14H2,1-2H3. The Hall–Kier alpha value is -3.01. The van der Waals surface area contributed by atoms with Crippen molar-refractivity contribution < 1.29 is 14.2 Å². The fourth-order valence-electron chi connectivity index (χ4n) is 4.39. The normalized spacial score (nSPS) is 15.0. The molecule has 0 spiro atoms. The number of hydrogen-bond donors (Lipinski definition) is 0. The van der Waals surface area contributed by atoms with Crippen molar-refractivity contribution >= 4 is 33.3 Å². The Kier molecular flexibility index (Phi) is 5.47. The van der Waals surface area contributed by atoms with Crippen LogP contribution in [0.15, 0.2) is 52.4 Å². The van der Waals surface area contributed by atoms with E-state index in [0.717, 1.165) is 63.8 Å². The summed E-state index contributed by atoms with van der Waals surface area (Å²) in [6, 6.07) is 13.5. The van der Waals surface area contributed by atoms with Crippen molar-refractivity contribution in [3.63, 3.8) is 0 Å². The van der Waals surface area contributed by atoms with Crippen LogP contribution >= 0.6 is 23.1 Å². The lowest BCUT2D eigenvalue weighted by atomic mass is 10.1. The molecule has 4 heterocycles. The van der Waals surface area contributed by atoms with Crippen molar-refractivity contribution in [3.05, 3.63) is 68.8 Å². The number of likely N-dealkylation sites (N-methyl/N-ethyl adjacent to an activating group) is 1. The average molecular weight is 494 g/mol. The van der Waals surface area contributed by atoms with Crippen LogP contribution < -0.4 is 19.8 Å². The third-order valence-corrected chi connectivity index (χ3v) is 8.29. The van der Waals surface area contributed by atoms with Crippen LogP contribution in [0.1, 0.15) is 16.0 Å². The number of aromatic nitrogens is 2. The topological polar surface area (TPSA) is 65.8 Å². The van der Waals surface area contributed by atoms with Gasteiger partial charge in [0, 0.05) is 23.7 Å². The smallest absolute Gasteiger partial charge is 0.267 e. The third-order valence-electron chi connectivity index (χ3n) is 6.17. The Morgan fingerprint density at radius 1 is 1.15 bits per heavy atom. The van der Waals surface area contributed by atoms with Crippen LogP contribution in [0.2, 0.25) is 0 Å². The molecule has 2 aliphatic rings. The van der Waals surface area contributed by atoms with Gasteiger partial charge in [0.25, 0.3) is 5.56 Å². The zero-order valence-electron chi connectivity index (χ0n) is 18.9. The van der Waals surface area contributed by atoms with Gasteiger partial charge in [-0.2, -0.15) is 0 Å². The molecule has 2 aromatic heterocycles. The minimum atomic E-state index is -0.00888. The largest absolute Gasteiger partial charge is 0.497 e. The molecule has 0 amide bonds. The number of benzene rings is 2. The second-order valence-corrected chi connectivity index (χ2v) is 10.4. The summed E-state index contributed by atoms with van der Waals surface area (Å²) < 4.78 is 18.0. The van der Waals surface area contributed by atoms with E-state index in [1.54, 1.807) is 34.8 Å². The van der Waals surface area contributed by atoms with E-state index in [9.17, 15) is 4.79 Å². The molecule has 0 radical (unpaired) electrons. The highest BCUT2D eigenvalue weighted by atomic mass is 32.2. The maximum Gasteiger partial charge on any atom is 0.267 e. The first-order chi connectivity index (χ1) is 16.6. The van der Waals surface area contributed by atoms with Gasteiger partial charge in [-0.1, -0.05) is 17.8 Å². The number of thiophene rings is 1. The van der Waals surface area contributed by atoms with Crippen molar-refractivity contribution in [1.82, 2.24) is 14.5 Å². The molecule has 0 saturated heterocycles. The van der Waals surface area contributed by atoms with Crippen LogP contribution in [0.25, 0.3) is 15.9 Å². The Balaban J connectivity index is 1.45. The van der Waals surface area contributed by atoms with Gasteiger partial charge in [0.05, 0.1) is 18.2 Å². The molecule has 9 heteroatoms. The zero-order chi connectivity index (χ0) is 23.2. The maximum atomic E-state index is 13.9. The molecule has 174 valence electrons. The monoisotopic (exact) mass is 493 g/mol. The minimum Gasteiger partial charge on any atom is -0.497 e. The first-order valence-corrected chi connectivity index (χ1v) is 12.8. The van der Waals surface area contributed by atoms with E-state index in [2.05, 4.69) is 11.9 Å². The molecule has 0 fully saturated rings. The van der Waals surface area contributed by atoms with Gasteiger partial charge < -0.3 is 19.1 Å². The molecule has 0 aliphatic carbocycles. The van der Waals surface area contributed by atoms with Crippen molar-refractivity contribution in [2.45, 2.75) is 23.9 Å². The Morgan fingerprint density at radius 2 is 1.97 bits per heavy atom. The van der Waals surface area contributed by atoms with Gasteiger partial charge in [-0.25, -0.2) is 4.98 Å². The summed E-state index contributed by atoms with van der Waals surface area (Å²) in [6.45, 7) is 2.05. The van der Waals surface area contributed by atoms with Crippen molar-refractivity contribution in [2.24, 2.45) is 0 Å². The van der Waals surface area contributed by atoms with Crippen LogP contribution in [0.5, 0.6) is 17.2 Å². The minimum absolute atomic E-state index is 0.00888. The first-order valence-electron chi connectivity index (χ1n) is 11.0. The van der Waals surface area contributed by atoms with E-state index in [1.165, 1.54) is 4.88 Å². The Labute approximate surface area is 204 Å². The van der Waals surface area contributed by atoms with Crippen LogP contribution in [0, 0.1) is 0 Å². The second-order valence-electron chi connectivity index (χ2n) is 8.38. The van der Waals surface area contributed by atoms with E-state index in [0.29, 0.717) is 10.9 Å². The highest BCUT2D eigenvalue weighted by Gasteiger charge is 2.24. The van der Waals surface area contributed by atoms with Gasteiger partial charge in [-0.3, -0.25) is 9.36 Å². The number of rotatable bonds is 5. The zero-order valence-corrected chi connectivity index (χ0v) is 20.5. The van der Waals surface area contributed by atoms with Gasteiger partial charge in [0.2, 0.25) is 6.79 Å².